The Bertz CT molecular complexity index is 368. The van der Waals surface area contributed by atoms with Crippen LogP contribution in [0.5, 0.6) is 0 Å². The third-order valence-electron chi connectivity index (χ3n) is 2.24. The number of nitrogens with zero attached hydrogens (tertiary/aromatic N) is 1. The van der Waals surface area contributed by atoms with Gasteiger partial charge < -0.3 is 14.8 Å². The van der Waals surface area contributed by atoms with E-state index in [4.69, 9.17) is 14.7 Å². The van der Waals surface area contributed by atoms with Gasteiger partial charge in [0.15, 0.2) is 0 Å². The molecule has 0 saturated carbocycles. The highest BCUT2D eigenvalue weighted by Gasteiger charge is 2.37. The average molecular weight is 270 g/mol. The van der Waals surface area contributed by atoms with Crippen LogP contribution in [0.4, 0.5) is 4.79 Å². The summed E-state index contributed by atoms with van der Waals surface area (Å²) in [6.07, 6.45) is -0.409. The number of rotatable bonds is 5. The second-order valence-corrected chi connectivity index (χ2v) is 5.34. The summed E-state index contributed by atoms with van der Waals surface area (Å²) in [5.41, 5.74) is -1.91. The monoisotopic (exact) mass is 270 g/mol. The molecule has 0 spiro atoms. The first-order valence-corrected chi connectivity index (χ1v) is 6.20. The number of ether oxygens (including phenoxy) is 2. The second-order valence-electron chi connectivity index (χ2n) is 5.34. The number of hydrogen-bond acceptors (Lipinski definition) is 5. The van der Waals surface area contributed by atoms with E-state index in [1.54, 1.807) is 27.7 Å². The maximum absolute atomic E-state index is 11.9. The summed E-state index contributed by atoms with van der Waals surface area (Å²) in [5, 5.41) is 11.1. The van der Waals surface area contributed by atoms with Gasteiger partial charge >= 0.3 is 12.1 Å². The fourth-order valence-electron chi connectivity index (χ4n) is 1.34. The molecule has 0 aromatic rings. The minimum Gasteiger partial charge on any atom is -0.464 e. The topological polar surface area (TPSA) is 88.4 Å². The van der Waals surface area contributed by atoms with Crippen molar-refractivity contribution < 1.29 is 19.1 Å². The van der Waals surface area contributed by atoms with Crippen LogP contribution in [0, 0.1) is 11.3 Å². The van der Waals surface area contributed by atoms with Crippen LogP contribution in [0.15, 0.2) is 0 Å². The van der Waals surface area contributed by atoms with Gasteiger partial charge in [-0.05, 0) is 41.0 Å². The van der Waals surface area contributed by atoms with Crippen LogP contribution in [-0.4, -0.2) is 29.8 Å². The van der Waals surface area contributed by atoms with Crippen molar-refractivity contribution in [2.75, 3.05) is 6.61 Å². The third-order valence-corrected chi connectivity index (χ3v) is 2.24. The van der Waals surface area contributed by atoms with Crippen LogP contribution < -0.4 is 5.32 Å². The first-order valence-electron chi connectivity index (χ1n) is 6.20. The summed E-state index contributed by atoms with van der Waals surface area (Å²) in [7, 11) is 0. The first kappa shape index (κ1) is 17.2. The van der Waals surface area contributed by atoms with Crippen molar-refractivity contribution in [3.05, 3.63) is 0 Å². The molecule has 6 heteroatoms. The van der Waals surface area contributed by atoms with Crippen molar-refractivity contribution in [2.45, 2.75) is 58.6 Å². The molecule has 0 aliphatic rings. The van der Waals surface area contributed by atoms with Crippen molar-refractivity contribution in [3.8, 4) is 6.07 Å². The Labute approximate surface area is 114 Å². The van der Waals surface area contributed by atoms with E-state index in [1.807, 2.05) is 6.07 Å². The van der Waals surface area contributed by atoms with Crippen LogP contribution in [0.25, 0.3) is 0 Å². The zero-order chi connectivity index (χ0) is 15.1. The van der Waals surface area contributed by atoms with Crippen molar-refractivity contribution >= 4 is 12.1 Å². The number of carbonyl (C=O) groups is 2. The van der Waals surface area contributed by atoms with Gasteiger partial charge in [-0.15, -0.1) is 0 Å². The van der Waals surface area contributed by atoms with Crippen molar-refractivity contribution in [1.82, 2.24) is 5.32 Å². The van der Waals surface area contributed by atoms with Gasteiger partial charge in [-0.1, -0.05) is 0 Å². The number of esters is 1. The van der Waals surface area contributed by atoms with Crippen LogP contribution in [-0.2, 0) is 14.3 Å². The van der Waals surface area contributed by atoms with Crippen molar-refractivity contribution in [1.29, 1.82) is 5.26 Å². The van der Waals surface area contributed by atoms with E-state index in [0.717, 1.165) is 0 Å². The van der Waals surface area contributed by atoms with Crippen molar-refractivity contribution in [3.63, 3.8) is 0 Å². The molecule has 6 nitrogen and oxygen atoms in total. The highest BCUT2D eigenvalue weighted by Crippen LogP contribution is 2.16. The molecule has 0 rings (SSSR count). The Morgan fingerprint density at radius 2 is 1.84 bits per heavy atom. The molecule has 0 aliphatic carbocycles. The Kier molecular flexibility index (Phi) is 6.33. The van der Waals surface area contributed by atoms with Crippen LogP contribution in [0.1, 0.15) is 47.5 Å². The van der Waals surface area contributed by atoms with E-state index in [-0.39, 0.29) is 19.4 Å². The zero-order valence-corrected chi connectivity index (χ0v) is 12.2. The summed E-state index contributed by atoms with van der Waals surface area (Å²) in [4.78, 5) is 23.6. The smallest absolute Gasteiger partial charge is 0.408 e. The lowest BCUT2D eigenvalue weighted by atomic mass is 9.96. The van der Waals surface area contributed by atoms with Gasteiger partial charge in [0.2, 0.25) is 0 Å². The van der Waals surface area contributed by atoms with Crippen LogP contribution in [0.2, 0.25) is 0 Å². The summed E-state index contributed by atoms with van der Waals surface area (Å²) in [6, 6.07) is 1.94. The lowest BCUT2D eigenvalue weighted by Crippen LogP contribution is -2.54. The largest absolute Gasteiger partial charge is 0.464 e. The average Bonchev–Trinajstić information content (AvgIpc) is 2.23. The third kappa shape index (κ3) is 6.65. The molecule has 0 fully saturated rings. The first-order chi connectivity index (χ1) is 8.64. The predicted octanol–water partition coefficient (Wildman–Crippen LogP) is 2.14. The molecular weight excluding hydrogens is 248 g/mol. The minimum absolute atomic E-state index is 0.130. The molecule has 108 valence electrons. The molecule has 1 amide bonds. The molecule has 1 atom stereocenters. The molecule has 0 aromatic carbocycles. The van der Waals surface area contributed by atoms with Gasteiger partial charge in [-0.2, -0.15) is 5.26 Å². The molecule has 0 saturated heterocycles. The Morgan fingerprint density at radius 1 is 1.26 bits per heavy atom. The SMILES string of the molecule is CCOC(=O)C(C)(CCC#N)NC(=O)OC(C)(C)C. The second kappa shape index (κ2) is 6.98. The lowest BCUT2D eigenvalue weighted by Gasteiger charge is -2.29. The van der Waals surface area contributed by atoms with E-state index in [1.165, 1.54) is 6.92 Å². The van der Waals surface area contributed by atoms with Gasteiger partial charge in [0.1, 0.15) is 11.1 Å². The number of nitrogens with one attached hydrogen (secondary N) is 1. The molecule has 0 heterocycles. The van der Waals surface area contributed by atoms with Gasteiger partial charge in [0.25, 0.3) is 0 Å². The Morgan fingerprint density at radius 3 is 2.26 bits per heavy atom. The number of nitriles is 1. The van der Waals surface area contributed by atoms with Gasteiger partial charge in [0, 0.05) is 6.42 Å². The molecule has 1 N–H and O–H groups in total. The van der Waals surface area contributed by atoms with Crippen LogP contribution >= 0.6 is 0 Å². The number of hydrogen-bond donors (Lipinski definition) is 1. The molecule has 0 radical (unpaired) electrons. The maximum atomic E-state index is 11.9. The quantitative estimate of drug-likeness (QED) is 0.773. The summed E-state index contributed by atoms with van der Waals surface area (Å²) < 4.78 is 10.0. The molecule has 1 unspecified atom stereocenters. The zero-order valence-electron chi connectivity index (χ0n) is 12.2. The van der Waals surface area contributed by atoms with E-state index in [0.29, 0.717) is 0 Å². The van der Waals surface area contributed by atoms with E-state index < -0.39 is 23.2 Å². The lowest BCUT2D eigenvalue weighted by molar-refractivity contribution is -0.150. The molecule has 0 bridgehead atoms. The minimum atomic E-state index is -1.26. The maximum Gasteiger partial charge on any atom is 0.408 e. The normalized spacial score (nSPS) is 13.9. The fraction of sp³-hybridized carbons (Fsp3) is 0.769. The summed E-state index contributed by atoms with van der Waals surface area (Å²) in [5.74, 6) is -0.573. The van der Waals surface area contributed by atoms with E-state index >= 15 is 0 Å². The fourth-order valence-corrected chi connectivity index (χ4v) is 1.34. The molecule has 19 heavy (non-hydrogen) atoms. The summed E-state index contributed by atoms with van der Waals surface area (Å²) in [6.45, 7) is 8.58. The number of carbonyl (C=O) groups excluding carboxylic acids is 2. The van der Waals surface area contributed by atoms with Gasteiger partial charge in [-0.3, -0.25) is 0 Å². The standard InChI is InChI=1S/C13H22N2O4/c1-6-18-10(16)13(5,8-7-9-14)15-11(17)19-12(2,3)4/h6-8H2,1-5H3,(H,15,17). The van der Waals surface area contributed by atoms with Crippen LogP contribution in [0.3, 0.4) is 0 Å². The van der Waals surface area contributed by atoms with Gasteiger partial charge in [-0.25, -0.2) is 9.59 Å². The van der Waals surface area contributed by atoms with Crippen molar-refractivity contribution in [2.24, 2.45) is 0 Å². The number of amides is 1. The number of alkyl carbamates (subject to hydrolysis) is 1. The Balaban J connectivity index is 4.81. The van der Waals surface area contributed by atoms with Gasteiger partial charge in [0.05, 0.1) is 12.7 Å². The molecule has 0 aliphatic heterocycles. The molecule has 0 aromatic heterocycles. The predicted molar refractivity (Wildman–Crippen MR) is 69.3 cm³/mol. The highest BCUT2D eigenvalue weighted by molar-refractivity contribution is 5.85. The molecular formula is C13H22N2O4. The summed E-state index contributed by atoms with van der Waals surface area (Å²) >= 11 is 0. The van der Waals surface area contributed by atoms with E-state index in [9.17, 15) is 9.59 Å². The Hall–Kier alpha value is -1.77. The van der Waals surface area contributed by atoms with E-state index in [2.05, 4.69) is 5.32 Å². The highest BCUT2D eigenvalue weighted by atomic mass is 16.6.